The predicted molar refractivity (Wildman–Crippen MR) is 190 cm³/mol. The topological polar surface area (TPSA) is 0 Å². The molecule has 44 heavy (non-hydrogen) atoms. The molecule has 1 aromatic carbocycles. The van der Waals surface area contributed by atoms with E-state index >= 15 is 0 Å². The molecule has 0 unspecified atom stereocenters. The van der Waals surface area contributed by atoms with E-state index in [0.717, 1.165) is 22.1 Å². The van der Waals surface area contributed by atoms with Gasteiger partial charge in [0.2, 0.25) is 0 Å². The molecule has 4 heteroatoms. The molecule has 2 nitrogen and oxygen atoms in total. The molecular weight excluding hydrogens is 579 g/mol. The van der Waals surface area contributed by atoms with E-state index in [2.05, 4.69) is 66.3 Å². The number of hydrogen-bond donors (Lipinski definition) is 0. The summed E-state index contributed by atoms with van der Waals surface area (Å²) < 4.78 is 2.22. The zero-order valence-electron chi connectivity index (χ0n) is 30.8. The van der Waals surface area contributed by atoms with Gasteiger partial charge in [-0.05, 0) is 25.7 Å². The Hall–Kier alpha value is -0.280. The van der Waals surface area contributed by atoms with Crippen molar-refractivity contribution in [3.63, 3.8) is 0 Å². The third-order valence-electron chi connectivity index (χ3n) is 9.55. The van der Waals surface area contributed by atoms with E-state index in [9.17, 15) is 0 Å². The maximum atomic E-state index is 2.45. The minimum Gasteiger partial charge on any atom is -1.00 e. The van der Waals surface area contributed by atoms with E-state index in [1.807, 2.05) is 0 Å². The Morgan fingerprint density at radius 2 is 0.591 bits per heavy atom. The van der Waals surface area contributed by atoms with Crippen LogP contribution in [0.1, 0.15) is 179 Å². The molecule has 0 amide bonds. The van der Waals surface area contributed by atoms with Crippen molar-refractivity contribution in [1.29, 1.82) is 0 Å². The van der Waals surface area contributed by atoms with Gasteiger partial charge in [0.1, 0.15) is 13.1 Å². The van der Waals surface area contributed by atoms with Crippen LogP contribution < -0.4 is 24.8 Å². The highest BCUT2D eigenvalue weighted by Gasteiger charge is 2.22. The van der Waals surface area contributed by atoms with Crippen LogP contribution in [0.15, 0.2) is 24.3 Å². The fraction of sp³-hybridized carbons (Fsp3) is 0.850. The molecule has 1 aromatic rings. The van der Waals surface area contributed by atoms with Crippen LogP contribution in [0.5, 0.6) is 0 Å². The second-order valence-corrected chi connectivity index (χ2v) is 15.2. The molecule has 0 aliphatic heterocycles. The highest BCUT2D eigenvalue weighted by molar-refractivity contribution is 5.25. The number of benzene rings is 1. The van der Waals surface area contributed by atoms with E-state index in [4.69, 9.17) is 0 Å². The highest BCUT2D eigenvalue weighted by Crippen LogP contribution is 2.21. The van der Waals surface area contributed by atoms with Crippen LogP contribution in [0.25, 0.3) is 0 Å². The molecule has 0 heterocycles. The summed E-state index contributed by atoms with van der Waals surface area (Å²) in [6.45, 7) is 9.52. The lowest BCUT2D eigenvalue weighted by molar-refractivity contribution is -0.907. The molecule has 0 N–H and O–H groups in total. The van der Waals surface area contributed by atoms with Gasteiger partial charge in [0.25, 0.3) is 0 Å². The summed E-state index contributed by atoms with van der Waals surface area (Å²) in [6.07, 6.45) is 34.3. The molecule has 0 aliphatic carbocycles. The van der Waals surface area contributed by atoms with Crippen molar-refractivity contribution in [3.8, 4) is 0 Å². The monoisotopic (exact) mass is 657 g/mol. The molecule has 0 atom stereocenters. The van der Waals surface area contributed by atoms with Gasteiger partial charge in [-0.1, -0.05) is 167 Å². The summed E-state index contributed by atoms with van der Waals surface area (Å²) in [5.41, 5.74) is 3.14. The Bertz CT molecular complexity index is 673. The third-order valence-corrected chi connectivity index (χ3v) is 9.55. The fourth-order valence-corrected chi connectivity index (χ4v) is 6.71. The largest absolute Gasteiger partial charge is 1.00 e. The van der Waals surface area contributed by atoms with Gasteiger partial charge < -0.3 is 33.8 Å². The summed E-state index contributed by atoms with van der Waals surface area (Å²) in [5.74, 6) is 0. The summed E-state index contributed by atoms with van der Waals surface area (Å²) in [5, 5.41) is 0. The van der Waals surface area contributed by atoms with Crippen molar-refractivity contribution in [2.45, 2.75) is 181 Å². The first kappa shape index (κ1) is 45.8. The van der Waals surface area contributed by atoms with Crippen molar-refractivity contribution < 1.29 is 33.8 Å². The molecule has 0 saturated carbocycles. The van der Waals surface area contributed by atoms with E-state index in [-0.39, 0.29) is 24.8 Å². The molecule has 0 bridgehead atoms. The van der Waals surface area contributed by atoms with E-state index in [1.54, 1.807) is 11.1 Å². The van der Waals surface area contributed by atoms with Crippen LogP contribution in [-0.4, -0.2) is 50.2 Å². The second kappa shape index (κ2) is 30.1. The van der Waals surface area contributed by atoms with Gasteiger partial charge in [0, 0.05) is 11.1 Å². The van der Waals surface area contributed by atoms with Gasteiger partial charge in [-0.2, -0.15) is 0 Å². The third kappa shape index (κ3) is 26.9. The molecule has 0 aromatic heterocycles. The predicted octanol–water partition coefficient (Wildman–Crippen LogP) is 6.25. The minimum atomic E-state index is 0. The fourth-order valence-electron chi connectivity index (χ4n) is 6.71. The van der Waals surface area contributed by atoms with E-state index in [0.29, 0.717) is 0 Å². The van der Waals surface area contributed by atoms with Crippen molar-refractivity contribution in [2.24, 2.45) is 0 Å². The number of unbranched alkanes of at least 4 members (excludes halogenated alkanes) is 22. The van der Waals surface area contributed by atoms with Crippen LogP contribution in [0.2, 0.25) is 0 Å². The highest BCUT2D eigenvalue weighted by atomic mass is 35.5. The molecular formula is C40H78Cl2N2. The zero-order valence-corrected chi connectivity index (χ0v) is 32.3. The smallest absolute Gasteiger partial charge is 0.104 e. The first-order valence-electron chi connectivity index (χ1n) is 19.0. The maximum Gasteiger partial charge on any atom is 0.104 e. The standard InChI is InChI=1S/C40H78N2.2ClH/c1-7-9-11-13-15-17-19-21-23-25-27-31-35-41(3,4)37-39-33-29-30-34-40(39)38-42(5,6)36-32-28-26-24-22-20-18-16-14-12-10-8-2;;/h29-30,33-34H,7-28,31-32,35-38H2,1-6H3;2*1H/q+2;;/p-2. The average Bonchev–Trinajstić information content (AvgIpc) is 2.95. The summed E-state index contributed by atoms with van der Waals surface area (Å²) in [6, 6.07) is 9.32. The molecule has 262 valence electrons. The number of nitrogens with zero attached hydrogens (tertiary/aromatic N) is 2. The Balaban J connectivity index is 0. The van der Waals surface area contributed by atoms with Crippen LogP contribution in [-0.2, 0) is 13.1 Å². The number of hydrogen-bond acceptors (Lipinski definition) is 0. The Labute approximate surface area is 290 Å². The molecule has 0 radical (unpaired) electrons. The summed E-state index contributed by atoms with van der Waals surface area (Å²) >= 11 is 0. The van der Waals surface area contributed by atoms with Gasteiger partial charge in [-0.3, -0.25) is 0 Å². The van der Waals surface area contributed by atoms with Crippen LogP contribution in [0.4, 0.5) is 0 Å². The normalized spacial score (nSPS) is 11.8. The molecule has 0 aliphatic rings. The van der Waals surface area contributed by atoms with Crippen molar-refractivity contribution >= 4 is 0 Å². The van der Waals surface area contributed by atoms with E-state index in [1.165, 1.54) is 167 Å². The lowest BCUT2D eigenvalue weighted by Gasteiger charge is -2.33. The van der Waals surface area contributed by atoms with Crippen molar-refractivity contribution in [1.82, 2.24) is 0 Å². The first-order valence-corrected chi connectivity index (χ1v) is 19.0. The maximum absolute atomic E-state index is 2.45. The molecule has 0 saturated heterocycles. The van der Waals surface area contributed by atoms with Crippen molar-refractivity contribution in [3.05, 3.63) is 35.4 Å². The molecule has 0 fully saturated rings. The quantitative estimate of drug-likeness (QED) is 0.0678. The van der Waals surface area contributed by atoms with Gasteiger partial charge in [0.15, 0.2) is 0 Å². The number of rotatable bonds is 30. The Kier molecular flexibility index (Phi) is 31.3. The van der Waals surface area contributed by atoms with Gasteiger partial charge >= 0.3 is 0 Å². The first-order chi connectivity index (χ1) is 20.3. The zero-order chi connectivity index (χ0) is 30.8. The van der Waals surface area contributed by atoms with Crippen LogP contribution in [0.3, 0.4) is 0 Å². The Morgan fingerprint density at radius 3 is 0.841 bits per heavy atom. The van der Waals surface area contributed by atoms with Gasteiger partial charge in [-0.25, -0.2) is 0 Å². The molecule has 0 spiro atoms. The van der Waals surface area contributed by atoms with Gasteiger partial charge in [-0.15, -0.1) is 0 Å². The summed E-state index contributed by atoms with van der Waals surface area (Å²) in [7, 11) is 9.78. The number of halogens is 2. The SMILES string of the molecule is CCCCCCCCCCCCCC[N+](C)(C)Cc1ccccc1C[N+](C)(C)CCCCCCCCCCCCCC.[Cl-].[Cl-]. The lowest BCUT2D eigenvalue weighted by atomic mass is 10.0. The summed E-state index contributed by atoms with van der Waals surface area (Å²) in [4.78, 5) is 0. The molecule has 1 rings (SSSR count). The van der Waals surface area contributed by atoms with Gasteiger partial charge in [0.05, 0.1) is 41.3 Å². The lowest BCUT2D eigenvalue weighted by Crippen LogP contribution is -3.00. The second-order valence-electron chi connectivity index (χ2n) is 15.2. The van der Waals surface area contributed by atoms with E-state index < -0.39 is 0 Å². The average molecular weight is 658 g/mol. The Morgan fingerprint density at radius 1 is 0.364 bits per heavy atom. The van der Waals surface area contributed by atoms with Crippen LogP contribution >= 0.6 is 0 Å². The number of quaternary nitrogens is 2. The van der Waals surface area contributed by atoms with Crippen molar-refractivity contribution in [2.75, 3.05) is 41.3 Å². The van der Waals surface area contributed by atoms with Crippen LogP contribution in [0, 0.1) is 0 Å². The minimum absolute atomic E-state index is 0.